The lowest BCUT2D eigenvalue weighted by Gasteiger charge is -2.30. The Balaban J connectivity index is 1.48. The van der Waals surface area contributed by atoms with Crippen LogP contribution in [0.25, 0.3) is 11.4 Å². The topological polar surface area (TPSA) is 169 Å². The van der Waals surface area contributed by atoms with E-state index in [4.69, 9.17) is 4.74 Å². The summed E-state index contributed by atoms with van der Waals surface area (Å²) in [7, 11) is 0. The minimum Gasteiger partial charge on any atom is -0.479 e. The molecule has 5 rings (SSSR count). The van der Waals surface area contributed by atoms with Gasteiger partial charge in [-0.2, -0.15) is 31.1 Å². The van der Waals surface area contributed by atoms with Gasteiger partial charge in [0.2, 0.25) is 17.6 Å². The van der Waals surface area contributed by atoms with E-state index >= 15 is 0 Å². The number of aromatic nitrogens is 4. The Hall–Kier alpha value is -4.71. The van der Waals surface area contributed by atoms with E-state index in [0.717, 1.165) is 9.70 Å². The number of carboxylic acids is 1. The van der Waals surface area contributed by atoms with E-state index in [1.807, 2.05) is 6.08 Å². The van der Waals surface area contributed by atoms with Gasteiger partial charge in [0.1, 0.15) is 23.2 Å². The molecule has 2 aliphatic heterocycles. The molecule has 3 N–H and O–H groups in total. The molecule has 1 aliphatic carbocycles. The van der Waals surface area contributed by atoms with Crippen LogP contribution in [0.1, 0.15) is 82.9 Å². The summed E-state index contributed by atoms with van der Waals surface area (Å²) < 4.78 is 86.4. The molecule has 0 unspecified atom stereocenters. The number of benzene rings is 1. The smallest absolute Gasteiger partial charge is 0.416 e. The molecule has 51 heavy (non-hydrogen) atoms. The van der Waals surface area contributed by atoms with Crippen LogP contribution in [0.4, 0.5) is 31.1 Å². The number of hydrogen-bond acceptors (Lipinski definition) is 8. The molecule has 1 saturated heterocycles. The molecule has 0 spiro atoms. The molecule has 2 aromatic rings. The zero-order valence-corrected chi connectivity index (χ0v) is 27.8. The van der Waals surface area contributed by atoms with Gasteiger partial charge in [0.25, 0.3) is 0 Å². The summed E-state index contributed by atoms with van der Waals surface area (Å²) in [5, 5.41) is 26.8. The molecule has 3 amide bonds. The normalized spacial score (nSPS) is 27.0. The summed E-state index contributed by atoms with van der Waals surface area (Å²) in [5.74, 6) is -3.85. The van der Waals surface area contributed by atoms with Crippen molar-refractivity contribution in [1.29, 1.82) is 0 Å². The van der Waals surface area contributed by atoms with Crippen molar-refractivity contribution in [3.63, 3.8) is 0 Å². The molecule has 2 fully saturated rings. The Kier molecular flexibility index (Phi) is 10.1. The molecule has 1 aromatic carbocycles. The van der Waals surface area contributed by atoms with Gasteiger partial charge < -0.3 is 25.4 Å². The van der Waals surface area contributed by atoms with Gasteiger partial charge in [0, 0.05) is 24.4 Å². The third kappa shape index (κ3) is 8.61. The van der Waals surface area contributed by atoms with Crippen molar-refractivity contribution in [3.05, 3.63) is 41.5 Å². The first-order valence-corrected chi connectivity index (χ1v) is 16.3. The third-order valence-corrected chi connectivity index (χ3v) is 8.93. The molecule has 0 bridgehead atoms. The van der Waals surface area contributed by atoms with Crippen molar-refractivity contribution in [3.8, 4) is 11.4 Å². The maximum atomic E-state index is 14.2. The molecular weight excluding hydrogens is 692 g/mol. The van der Waals surface area contributed by atoms with Crippen LogP contribution in [0.3, 0.4) is 0 Å². The first-order chi connectivity index (χ1) is 23.7. The van der Waals surface area contributed by atoms with Crippen LogP contribution < -0.4 is 10.6 Å². The van der Waals surface area contributed by atoms with E-state index in [0.29, 0.717) is 37.8 Å². The van der Waals surface area contributed by atoms with Crippen LogP contribution in [0.15, 0.2) is 30.4 Å². The maximum absolute atomic E-state index is 14.2. The van der Waals surface area contributed by atoms with Gasteiger partial charge in [-0.15, -0.1) is 10.2 Å². The van der Waals surface area contributed by atoms with E-state index in [-0.39, 0.29) is 31.9 Å². The minimum atomic E-state index is -5.12. The van der Waals surface area contributed by atoms with Crippen molar-refractivity contribution in [2.75, 3.05) is 6.54 Å². The molecule has 3 heterocycles. The van der Waals surface area contributed by atoms with E-state index in [1.54, 1.807) is 26.8 Å². The summed E-state index contributed by atoms with van der Waals surface area (Å²) >= 11 is 0. The molecule has 1 saturated carbocycles. The number of nitrogens with one attached hydrogen (secondary N) is 2. The van der Waals surface area contributed by atoms with Crippen molar-refractivity contribution < 1.29 is 55.4 Å². The first-order valence-electron chi connectivity index (χ1n) is 16.3. The highest BCUT2D eigenvalue weighted by Crippen LogP contribution is 2.46. The van der Waals surface area contributed by atoms with Gasteiger partial charge in [0.05, 0.1) is 17.2 Å². The number of carbonyl (C=O) groups excluding carboxylic acids is 3. The molecule has 278 valence electrons. The van der Waals surface area contributed by atoms with E-state index in [1.165, 1.54) is 0 Å². The number of tetrazole rings is 1. The number of alkyl halides is 6. The van der Waals surface area contributed by atoms with Crippen molar-refractivity contribution in [2.24, 2.45) is 5.92 Å². The highest BCUT2D eigenvalue weighted by Gasteiger charge is 2.61. The second kappa shape index (κ2) is 13.8. The van der Waals surface area contributed by atoms with Crippen molar-refractivity contribution in [2.45, 2.75) is 107 Å². The Bertz CT molecular complexity index is 1670. The van der Waals surface area contributed by atoms with Crippen LogP contribution in [0.2, 0.25) is 0 Å². The predicted octanol–water partition coefficient (Wildman–Crippen LogP) is 4.89. The Morgan fingerprint density at radius 2 is 1.69 bits per heavy atom. The van der Waals surface area contributed by atoms with Gasteiger partial charge in [-0.3, -0.25) is 9.59 Å². The first kappa shape index (κ1) is 37.5. The van der Waals surface area contributed by atoms with Crippen LogP contribution in [0.5, 0.6) is 0 Å². The molecule has 13 nitrogen and oxygen atoms in total. The van der Waals surface area contributed by atoms with Crippen LogP contribution >= 0.6 is 0 Å². The zero-order valence-electron chi connectivity index (χ0n) is 27.8. The fraction of sp³-hybridized carbons (Fsp3) is 0.594. The second-order valence-corrected chi connectivity index (χ2v) is 14.0. The van der Waals surface area contributed by atoms with Crippen molar-refractivity contribution >= 4 is 23.9 Å². The number of nitrogens with zero attached hydrogens (tertiary/aromatic N) is 5. The lowest BCUT2D eigenvalue weighted by molar-refractivity contribution is -0.146. The molecule has 3 aliphatic rings. The third-order valence-electron chi connectivity index (χ3n) is 8.93. The standard InChI is InChI=1S/C32H37F6N7O6/c1-29(2,3)51-28(50)39-22-10-8-6-4-5-7-9-18-15-30(18,27(48)49)40-25(46)23-14-21(16-44(23)26(22)47)45-42-24(41-43-45)17-11-19(31(33,34)35)13-20(12-17)32(36,37)38/h7,9,11-13,18,21-23H,4-6,8,10,14-16H2,1-3H3,(H,39,50)(H,40,46)(H,48,49)/b9-7-/t18-,21+,22-,23-,30+/m0/s1. The molecular formula is C32H37F6N7O6. The second-order valence-electron chi connectivity index (χ2n) is 14.0. The number of amides is 3. The van der Waals surface area contributed by atoms with E-state index < -0.39 is 93.9 Å². The lowest BCUT2D eigenvalue weighted by Crippen LogP contribution is -2.56. The molecule has 5 atom stereocenters. The van der Waals surface area contributed by atoms with Gasteiger partial charge in [-0.1, -0.05) is 25.0 Å². The average Bonchev–Trinajstić information content (AvgIpc) is 3.33. The fourth-order valence-electron chi connectivity index (χ4n) is 6.27. The Morgan fingerprint density at radius 3 is 2.29 bits per heavy atom. The number of alkyl carbamates (subject to hydrolysis) is 1. The summed E-state index contributed by atoms with van der Waals surface area (Å²) in [6, 6.07) is -2.60. The summed E-state index contributed by atoms with van der Waals surface area (Å²) in [6.07, 6.45) is -4.96. The van der Waals surface area contributed by atoms with Gasteiger partial charge in [0.15, 0.2) is 0 Å². The maximum Gasteiger partial charge on any atom is 0.416 e. The number of fused-ring (bicyclic) bond motifs is 2. The summed E-state index contributed by atoms with van der Waals surface area (Å²) in [4.78, 5) is 55.1. The average molecular weight is 730 g/mol. The number of allylic oxidation sites excluding steroid dienone is 1. The van der Waals surface area contributed by atoms with Gasteiger partial charge in [-0.25, -0.2) is 9.59 Å². The largest absolute Gasteiger partial charge is 0.479 e. The fourth-order valence-corrected chi connectivity index (χ4v) is 6.27. The van der Waals surface area contributed by atoms with Crippen LogP contribution in [0, 0.1) is 5.92 Å². The Labute approximate surface area is 287 Å². The number of carboxylic acid groups (broad SMARTS) is 1. The SMILES string of the molecule is CC(C)(C)OC(=O)N[C@H]1CCCCC/C=C\[C@H]2C[C@@]2(C(=O)O)NC(=O)[C@@H]2C[C@@H](n3nnc(-c4cc(C(F)(F)F)cc(C(F)(F)F)c4)n3)CN2C1=O. The summed E-state index contributed by atoms with van der Waals surface area (Å²) in [6.45, 7) is 4.61. The number of carbonyl (C=O) groups is 4. The Morgan fingerprint density at radius 1 is 1.02 bits per heavy atom. The molecule has 0 radical (unpaired) electrons. The predicted molar refractivity (Wildman–Crippen MR) is 164 cm³/mol. The number of rotatable bonds is 4. The van der Waals surface area contributed by atoms with Crippen LogP contribution in [-0.2, 0) is 31.5 Å². The number of aliphatic carboxylic acids is 1. The minimum absolute atomic E-state index is 0.0355. The monoisotopic (exact) mass is 729 g/mol. The molecule has 19 heteroatoms. The number of ether oxygens (including phenoxy) is 1. The van der Waals surface area contributed by atoms with E-state index in [9.17, 15) is 50.6 Å². The summed E-state index contributed by atoms with van der Waals surface area (Å²) in [5.41, 5.74) is -6.30. The van der Waals surface area contributed by atoms with E-state index in [2.05, 4.69) is 26.0 Å². The zero-order chi connectivity index (χ0) is 37.5. The van der Waals surface area contributed by atoms with Crippen LogP contribution in [-0.4, -0.2) is 83.9 Å². The van der Waals surface area contributed by atoms with Gasteiger partial charge in [-0.05, 0) is 69.9 Å². The highest BCUT2D eigenvalue weighted by molar-refractivity contribution is 5.96. The number of halogens is 6. The quantitative estimate of drug-likeness (QED) is 0.293. The number of hydrogen-bond donors (Lipinski definition) is 3. The lowest BCUT2D eigenvalue weighted by atomic mass is 10.0. The van der Waals surface area contributed by atoms with Crippen molar-refractivity contribution in [1.82, 2.24) is 35.7 Å². The van der Waals surface area contributed by atoms with Gasteiger partial charge >= 0.3 is 24.4 Å². The molecule has 1 aromatic heterocycles. The highest BCUT2D eigenvalue weighted by atomic mass is 19.4.